The van der Waals surface area contributed by atoms with Crippen molar-refractivity contribution in [1.29, 1.82) is 0 Å². The van der Waals surface area contributed by atoms with Crippen molar-refractivity contribution in [2.45, 2.75) is 12.3 Å². The summed E-state index contributed by atoms with van der Waals surface area (Å²) in [5.41, 5.74) is 4.60. The van der Waals surface area contributed by atoms with Crippen LogP contribution in [0.5, 0.6) is 0 Å². The van der Waals surface area contributed by atoms with Gasteiger partial charge in [0.05, 0.1) is 23.1 Å². The monoisotopic (exact) mass is 427 g/mol. The molecule has 0 saturated carbocycles. The van der Waals surface area contributed by atoms with E-state index in [-0.39, 0.29) is 5.78 Å². The van der Waals surface area contributed by atoms with Gasteiger partial charge >= 0.3 is 0 Å². The highest BCUT2D eigenvalue weighted by molar-refractivity contribution is 7.92. The number of anilines is 1. The van der Waals surface area contributed by atoms with Crippen LogP contribution >= 0.6 is 0 Å². The van der Waals surface area contributed by atoms with E-state index in [0.717, 1.165) is 22.3 Å². The Balaban J connectivity index is 1.85. The highest BCUT2D eigenvalue weighted by Crippen LogP contribution is 2.52. The van der Waals surface area contributed by atoms with Gasteiger partial charge in [-0.25, -0.2) is 12.7 Å². The topological polar surface area (TPSA) is 54.5 Å². The van der Waals surface area contributed by atoms with E-state index < -0.39 is 15.4 Å². The standard InChI is InChI=1S/C26H21NO3S/c1-18-11-13-20(14-12-18)27(31(2,29)30)25-17-19-7-3-5-9-22(19)26(25)16-15-24(28)21-8-4-6-10-23(21)26/h3-17H,1-2H3/t26-/m0/s1. The summed E-state index contributed by atoms with van der Waals surface area (Å²) in [5, 5.41) is 0. The van der Waals surface area contributed by atoms with Crippen LogP contribution in [-0.2, 0) is 15.4 Å². The molecule has 0 heterocycles. The molecule has 0 aliphatic heterocycles. The second-order valence-corrected chi connectivity index (χ2v) is 9.86. The van der Waals surface area contributed by atoms with Crippen molar-refractivity contribution in [3.63, 3.8) is 0 Å². The van der Waals surface area contributed by atoms with E-state index in [1.54, 1.807) is 12.1 Å². The molecule has 0 unspecified atom stereocenters. The molecule has 0 saturated heterocycles. The summed E-state index contributed by atoms with van der Waals surface area (Å²) >= 11 is 0. The molecule has 5 rings (SSSR count). The maximum Gasteiger partial charge on any atom is 0.236 e. The van der Waals surface area contributed by atoms with E-state index in [1.807, 2.05) is 85.8 Å². The van der Waals surface area contributed by atoms with Crippen molar-refractivity contribution in [2.75, 3.05) is 10.6 Å². The third-order valence-electron chi connectivity index (χ3n) is 6.00. The highest BCUT2D eigenvalue weighted by atomic mass is 32.2. The van der Waals surface area contributed by atoms with E-state index >= 15 is 0 Å². The number of carbonyl (C=O) groups excluding carboxylic acids is 1. The predicted molar refractivity (Wildman–Crippen MR) is 124 cm³/mol. The Morgan fingerprint density at radius 2 is 1.48 bits per heavy atom. The van der Waals surface area contributed by atoms with Crippen LogP contribution in [-0.4, -0.2) is 20.5 Å². The van der Waals surface area contributed by atoms with Gasteiger partial charge in [-0.15, -0.1) is 0 Å². The van der Waals surface area contributed by atoms with Crippen LogP contribution in [0.25, 0.3) is 6.08 Å². The lowest BCUT2D eigenvalue weighted by Gasteiger charge is -2.39. The number of ketones is 1. The molecule has 3 aromatic carbocycles. The Morgan fingerprint density at radius 1 is 0.839 bits per heavy atom. The first-order chi connectivity index (χ1) is 14.8. The van der Waals surface area contributed by atoms with Gasteiger partial charge in [0.25, 0.3) is 0 Å². The second-order valence-electron chi connectivity index (χ2n) is 8.03. The molecule has 5 heteroatoms. The molecule has 0 amide bonds. The molecule has 0 bridgehead atoms. The van der Waals surface area contributed by atoms with Gasteiger partial charge in [-0.2, -0.15) is 0 Å². The summed E-state index contributed by atoms with van der Waals surface area (Å²) < 4.78 is 27.7. The van der Waals surface area contributed by atoms with Crippen LogP contribution in [0.1, 0.15) is 32.6 Å². The van der Waals surface area contributed by atoms with Crippen molar-refractivity contribution >= 4 is 27.6 Å². The first kappa shape index (κ1) is 19.5. The van der Waals surface area contributed by atoms with Gasteiger partial charge in [-0.05, 0) is 47.9 Å². The molecule has 4 nitrogen and oxygen atoms in total. The van der Waals surface area contributed by atoms with Gasteiger partial charge in [-0.3, -0.25) is 4.79 Å². The number of benzene rings is 3. The van der Waals surface area contributed by atoms with Crippen LogP contribution < -0.4 is 4.31 Å². The van der Waals surface area contributed by atoms with Gasteiger partial charge < -0.3 is 0 Å². The highest BCUT2D eigenvalue weighted by Gasteiger charge is 2.49. The smallest absolute Gasteiger partial charge is 0.236 e. The molecule has 1 atom stereocenters. The zero-order valence-corrected chi connectivity index (χ0v) is 18.1. The van der Waals surface area contributed by atoms with E-state index in [0.29, 0.717) is 16.9 Å². The van der Waals surface area contributed by atoms with Gasteiger partial charge in [0.15, 0.2) is 5.78 Å². The maximum absolute atomic E-state index is 13.2. The van der Waals surface area contributed by atoms with Crippen molar-refractivity contribution in [3.05, 3.63) is 118 Å². The average Bonchev–Trinajstić information content (AvgIpc) is 3.06. The van der Waals surface area contributed by atoms with Crippen molar-refractivity contribution in [3.8, 4) is 0 Å². The normalized spacial score (nSPS) is 19.2. The van der Waals surface area contributed by atoms with Gasteiger partial charge in [0.1, 0.15) is 0 Å². The summed E-state index contributed by atoms with van der Waals surface area (Å²) in [6, 6.07) is 22.7. The minimum absolute atomic E-state index is 0.0776. The molecular weight excluding hydrogens is 406 g/mol. The lowest BCUT2D eigenvalue weighted by atomic mass is 9.69. The number of sulfonamides is 1. The predicted octanol–water partition coefficient (Wildman–Crippen LogP) is 4.85. The number of hydrogen-bond acceptors (Lipinski definition) is 3. The lowest BCUT2D eigenvalue weighted by molar-refractivity contribution is 0.104. The third kappa shape index (κ3) is 2.88. The molecule has 31 heavy (non-hydrogen) atoms. The molecule has 0 N–H and O–H groups in total. The van der Waals surface area contributed by atoms with Crippen LogP contribution in [0.4, 0.5) is 5.69 Å². The molecule has 1 spiro atoms. The van der Waals surface area contributed by atoms with E-state index in [1.165, 1.54) is 10.6 Å². The summed E-state index contributed by atoms with van der Waals surface area (Å²) in [7, 11) is -3.68. The van der Waals surface area contributed by atoms with Crippen LogP contribution in [0, 0.1) is 6.92 Å². The fourth-order valence-electron chi connectivity index (χ4n) is 4.67. The number of aryl methyl sites for hydroxylation is 1. The summed E-state index contributed by atoms with van der Waals surface area (Å²) in [5.74, 6) is -0.0776. The van der Waals surface area contributed by atoms with Gasteiger partial charge in [0.2, 0.25) is 10.0 Å². The Hall–Kier alpha value is -3.44. The molecule has 0 radical (unpaired) electrons. The van der Waals surface area contributed by atoms with E-state index in [4.69, 9.17) is 0 Å². The molecule has 3 aromatic rings. The number of rotatable bonds is 3. The minimum Gasteiger partial charge on any atom is -0.289 e. The lowest BCUT2D eigenvalue weighted by Crippen LogP contribution is -2.41. The minimum atomic E-state index is -3.68. The number of fused-ring (bicyclic) bond motifs is 4. The molecule has 0 fully saturated rings. The van der Waals surface area contributed by atoms with Gasteiger partial charge in [-0.1, -0.05) is 72.3 Å². The maximum atomic E-state index is 13.2. The third-order valence-corrected chi connectivity index (χ3v) is 7.07. The van der Waals surface area contributed by atoms with E-state index in [9.17, 15) is 13.2 Å². The Morgan fingerprint density at radius 3 is 2.19 bits per heavy atom. The first-order valence-corrected chi connectivity index (χ1v) is 11.9. The number of hydrogen-bond donors (Lipinski definition) is 0. The van der Waals surface area contributed by atoms with Crippen LogP contribution in [0.15, 0.2) is 90.6 Å². The Bertz CT molecular complexity index is 1380. The van der Waals surface area contributed by atoms with Crippen molar-refractivity contribution in [2.24, 2.45) is 0 Å². The fraction of sp³-hybridized carbons (Fsp3) is 0.115. The summed E-state index contributed by atoms with van der Waals surface area (Å²) in [6.45, 7) is 1.96. The molecule has 0 aromatic heterocycles. The Labute approximate surface area is 182 Å². The van der Waals surface area contributed by atoms with Gasteiger partial charge in [0, 0.05) is 5.56 Å². The summed E-state index contributed by atoms with van der Waals surface area (Å²) in [6.07, 6.45) is 6.55. The molecule has 2 aliphatic carbocycles. The first-order valence-electron chi connectivity index (χ1n) is 10.0. The number of allylic oxidation sites excluding steroid dienone is 2. The SMILES string of the molecule is Cc1ccc(N(C2=Cc3ccccc3[C@]23C=CC(=O)c2ccccc23)S(C)(=O)=O)cc1. The quantitative estimate of drug-likeness (QED) is 0.600. The van der Waals surface area contributed by atoms with E-state index in [2.05, 4.69) is 0 Å². The van der Waals surface area contributed by atoms with Crippen LogP contribution in [0.2, 0.25) is 0 Å². The summed E-state index contributed by atoms with van der Waals surface area (Å²) in [4.78, 5) is 12.7. The fourth-order valence-corrected chi connectivity index (χ4v) is 5.73. The average molecular weight is 428 g/mol. The van der Waals surface area contributed by atoms with Crippen molar-refractivity contribution in [1.82, 2.24) is 0 Å². The molecular formula is C26H21NO3S. The number of nitrogens with zero attached hydrogens (tertiary/aromatic N) is 1. The number of carbonyl (C=O) groups is 1. The van der Waals surface area contributed by atoms with Crippen LogP contribution in [0.3, 0.4) is 0 Å². The Kier molecular flexibility index (Phi) is 4.27. The zero-order valence-electron chi connectivity index (χ0n) is 17.2. The largest absolute Gasteiger partial charge is 0.289 e. The molecule has 154 valence electrons. The second kappa shape index (κ2) is 6.79. The van der Waals surface area contributed by atoms with Crippen molar-refractivity contribution < 1.29 is 13.2 Å². The molecule has 2 aliphatic rings. The zero-order chi connectivity index (χ0) is 21.8.